The Morgan fingerprint density at radius 1 is 1.04 bits per heavy atom. The van der Waals surface area contributed by atoms with Crippen LogP contribution >= 0.6 is 11.6 Å². The lowest BCUT2D eigenvalue weighted by molar-refractivity contribution is 0.0945. The monoisotopic (exact) mass is 370 g/mol. The van der Waals surface area contributed by atoms with Gasteiger partial charge in [-0.1, -0.05) is 23.7 Å². The van der Waals surface area contributed by atoms with Crippen LogP contribution in [0.2, 0.25) is 5.02 Å². The largest absolute Gasteiger partial charge is 0.493 e. The molecule has 2 aromatic carbocycles. The van der Waals surface area contributed by atoms with Gasteiger partial charge in [-0.25, -0.2) is 8.42 Å². The highest BCUT2D eigenvalue weighted by Gasteiger charge is 2.19. The van der Waals surface area contributed by atoms with Gasteiger partial charge < -0.3 is 9.47 Å². The Bertz CT molecular complexity index is 855. The van der Waals surface area contributed by atoms with Gasteiger partial charge in [-0.2, -0.15) is 0 Å². The van der Waals surface area contributed by atoms with Crippen LogP contribution in [0.15, 0.2) is 47.4 Å². The number of benzene rings is 2. The molecule has 0 spiro atoms. The highest BCUT2D eigenvalue weighted by Crippen LogP contribution is 2.29. The van der Waals surface area contributed by atoms with Crippen molar-refractivity contribution in [2.75, 3.05) is 14.2 Å². The molecule has 0 aliphatic carbocycles. The second-order valence-corrected chi connectivity index (χ2v) is 6.65. The summed E-state index contributed by atoms with van der Waals surface area (Å²) in [6.45, 7) is 0. The summed E-state index contributed by atoms with van der Waals surface area (Å²) in [7, 11) is -1.17. The Balaban J connectivity index is 2.17. The number of sulfonamides is 1. The van der Waals surface area contributed by atoms with E-state index in [9.17, 15) is 13.2 Å². The maximum Gasteiger partial charge on any atom is 0.267 e. The predicted molar refractivity (Wildman–Crippen MR) is 88.8 cm³/mol. The lowest BCUT2D eigenvalue weighted by Gasteiger charge is -2.12. The minimum atomic E-state index is -3.99. The summed E-state index contributed by atoms with van der Waals surface area (Å²) in [5.74, 6) is -0.0426. The standard InChI is InChI=1S/C15H15ClN2O5S/c1-22-13-8-7-10(9-14(13)23-2)24(20,21)18-17-15(19)11-5-3-4-6-12(11)16/h3-9,18H,1-2H3,(H,17,19). The van der Waals surface area contributed by atoms with Crippen molar-refractivity contribution in [2.24, 2.45) is 0 Å². The van der Waals surface area contributed by atoms with Crippen LogP contribution in [0, 0.1) is 0 Å². The van der Waals surface area contributed by atoms with Gasteiger partial charge in [-0.15, -0.1) is 4.83 Å². The molecule has 0 saturated heterocycles. The van der Waals surface area contributed by atoms with E-state index in [1.54, 1.807) is 12.1 Å². The van der Waals surface area contributed by atoms with E-state index in [0.717, 1.165) is 0 Å². The van der Waals surface area contributed by atoms with E-state index < -0.39 is 15.9 Å². The highest BCUT2D eigenvalue weighted by molar-refractivity contribution is 7.89. The zero-order chi connectivity index (χ0) is 17.7. The van der Waals surface area contributed by atoms with Crippen molar-refractivity contribution in [3.63, 3.8) is 0 Å². The fourth-order valence-electron chi connectivity index (χ4n) is 1.87. The molecule has 24 heavy (non-hydrogen) atoms. The summed E-state index contributed by atoms with van der Waals surface area (Å²) in [6, 6.07) is 10.3. The number of methoxy groups -OCH3 is 2. The van der Waals surface area contributed by atoms with Gasteiger partial charge in [0.2, 0.25) is 0 Å². The number of hydrogen-bond acceptors (Lipinski definition) is 5. The quantitative estimate of drug-likeness (QED) is 0.758. The molecule has 2 aromatic rings. The van der Waals surface area contributed by atoms with Crippen molar-refractivity contribution in [1.29, 1.82) is 0 Å². The molecule has 9 heteroatoms. The Labute approximate surface area is 144 Å². The van der Waals surface area contributed by atoms with Gasteiger partial charge in [0.1, 0.15) is 0 Å². The topological polar surface area (TPSA) is 93.7 Å². The van der Waals surface area contributed by atoms with Gasteiger partial charge >= 0.3 is 0 Å². The van der Waals surface area contributed by atoms with E-state index in [2.05, 4.69) is 5.43 Å². The molecule has 0 heterocycles. The van der Waals surface area contributed by atoms with Crippen LogP contribution in [-0.4, -0.2) is 28.5 Å². The third-order valence-electron chi connectivity index (χ3n) is 3.08. The number of carbonyl (C=O) groups excluding carboxylic acids is 1. The number of hydrazine groups is 1. The summed E-state index contributed by atoms with van der Waals surface area (Å²) in [5, 5.41) is 0.209. The van der Waals surface area contributed by atoms with E-state index in [4.69, 9.17) is 21.1 Å². The molecule has 0 radical (unpaired) electrons. The smallest absolute Gasteiger partial charge is 0.267 e. The normalized spacial score (nSPS) is 11.0. The third-order valence-corrected chi connectivity index (χ3v) is 4.66. The van der Waals surface area contributed by atoms with E-state index in [1.807, 2.05) is 4.83 Å². The van der Waals surface area contributed by atoms with Gasteiger partial charge in [0, 0.05) is 6.07 Å². The SMILES string of the molecule is COc1ccc(S(=O)(=O)NNC(=O)c2ccccc2Cl)cc1OC. The average Bonchev–Trinajstić information content (AvgIpc) is 2.59. The first-order valence-corrected chi connectivity index (χ1v) is 8.54. The molecule has 7 nitrogen and oxygen atoms in total. The molecule has 0 unspecified atom stereocenters. The summed E-state index contributed by atoms with van der Waals surface area (Å²) in [6.07, 6.45) is 0. The molecule has 2 rings (SSSR count). The van der Waals surface area contributed by atoms with Crippen LogP contribution in [0.4, 0.5) is 0 Å². The van der Waals surface area contributed by atoms with Crippen molar-refractivity contribution >= 4 is 27.5 Å². The fourth-order valence-corrected chi connectivity index (χ4v) is 2.94. The van der Waals surface area contributed by atoms with Gasteiger partial charge in [-0.05, 0) is 24.3 Å². The molecular formula is C15H15ClN2O5S. The molecule has 1 amide bonds. The van der Waals surface area contributed by atoms with Gasteiger partial charge in [0.15, 0.2) is 11.5 Å². The van der Waals surface area contributed by atoms with Crippen molar-refractivity contribution < 1.29 is 22.7 Å². The number of rotatable bonds is 6. The first-order valence-electron chi connectivity index (χ1n) is 6.67. The second kappa shape index (κ2) is 7.52. The summed E-state index contributed by atoms with van der Waals surface area (Å²) >= 11 is 5.89. The van der Waals surface area contributed by atoms with Crippen LogP contribution in [0.5, 0.6) is 11.5 Å². The summed E-state index contributed by atoms with van der Waals surface area (Å²) < 4.78 is 34.6. The first-order chi connectivity index (χ1) is 11.4. The number of amides is 1. The van der Waals surface area contributed by atoms with Crippen LogP contribution in [0.3, 0.4) is 0 Å². The van der Waals surface area contributed by atoms with Gasteiger partial charge in [-0.3, -0.25) is 10.2 Å². The zero-order valence-corrected chi connectivity index (χ0v) is 14.4. The maximum absolute atomic E-state index is 12.3. The molecule has 0 atom stereocenters. The Morgan fingerprint density at radius 3 is 2.33 bits per heavy atom. The van der Waals surface area contributed by atoms with Crippen molar-refractivity contribution in [2.45, 2.75) is 4.90 Å². The van der Waals surface area contributed by atoms with Crippen LogP contribution in [0.25, 0.3) is 0 Å². The van der Waals surface area contributed by atoms with Gasteiger partial charge in [0.25, 0.3) is 15.9 Å². The van der Waals surface area contributed by atoms with Crippen molar-refractivity contribution in [3.8, 4) is 11.5 Å². The molecule has 0 aliphatic heterocycles. The minimum Gasteiger partial charge on any atom is -0.493 e. The maximum atomic E-state index is 12.3. The molecule has 0 bridgehead atoms. The number of carbonyl (C=O) groups is 1. The highest BCUT2D eigenvalue weighted by atomic mass is 35.5. The Kier molecular flexibility index (Phi) is 5.66. The number of hydrogen-bond donors (Lipinski definition) is 2. The molecular weight excluding hydrogens is 356 g/mol. The van der Waals surface area contributed by atoms with Crippen LogP contribution in [-0.2, 0) is 10.0 Å². The molecule has 128 valence electrons. The number of ether oxygens (including phenoxy) is 2. The van der Waals surface area contributed by atoms with Crippen molar-refractivity contribution in [1.82, 2.24) is 10.3 Å². The van der Waals surface area contributed by atoms with Crippen LogP contribution in [0.1, 0.15) is 10.4 Å². The zero-order valence-electron chi connectivity index (χ0n) is 12.9. The third kappa shape index (κ3) is 3.97. The Morgan fingerprint density at radius 2 is 1.71 bits per heavy atom. The van der Waals surface area contributed by atoms with Crippen molar-refractivity contribution in [3.05, 3.63) is 53.1 Å². The fraction of sp³-hybridized carbons (Fsp3) is 0.133. The minimum absolute atomic E-state index is 0.0976. The van der Waals surface area contributed by atoms with E-state index in [0.29, 0.717) is 5.75 Å². The summed E-state index contributed by atoms with van der Waals surface area (Å²) in [4.78, 5) is 13.9. The lowest BCUT2D eigenvalue weighted by atomic mass is 10.2. The van der Waals surface area contributed by atoms with E-state index in [-0.39, 0.29) is 21.2 Å². The van der Waals surface area contributed by atoms with E-state index >= 15 is 0 Å². The number of nitrogens with one attached hydrogen (secondary N) is 2. The van der Waals surface area contributed by atoms with E-state index in [1.165, 1.54) is 44.6 Å². The Hall–Kier alpha value is -2.29. The second-order valence-electron chi connectivity index (χ2n) is 4.56. The summed E-state index contributed by atoms with van der Waals surface area (Å²) in [5.41, 5.74) is 2.26. The molecule has 2 N–H and O–H groups in total. The lowest BCUT2D eigenvalue weighted by Crippen LogP contribution is -2.41. The van der Waals surface area contributed by atoms with Crippen LogP contribution < -0.4 is 19.7 Å². The molecule has 0 saturated carbocycles. The molecule has 0 aliphatic rings. The first kappa shape index (κ1) is 18.1. The number of halogens is 1. The van der Waals surface area contributed by atoms with Gasteiger partial charge in [0.05, 0.1) is 29.7 Å². The molecule has 0 aromatic heterocycles. The molecule has 0 fully saturated rings. The predicted octanol–water partition coefficient (Wildman–Crippen LogP) is 1.98. The average molecular weight is 371 g/mol.